The number of carbonyl (C=O) groups is 1. The number of hydrogen-bond donors (Lipinski definition) is 1. The Bertz CT molecular complexity index is 997. The van der Waals surface area contributed by atoms with Crippen LogP contribution in [0.15, 0.2) is 36.7 Å². The lowest BCUT2D eigenvalue weighted by molar-refractivity contribution is -0.130. The van der Waals surface area contributed by atoms with Gasteiger partial charge in [0.25, 0.3) is 0 Å². The van der Waals surface area contributed by atoms with Crippen molar-refractivity contribution in [2.75, 3.05) is 18.4 Å². The summed E-state index contributed by atoms with van der Waals surface area (Å²) in [7, 11) is 0. The Labute approximate surface area is 164 Å². The first-order valence-corrected chi connectivity index (χ1v) is 9.81. The highest BCUT2D eigenvalue weighted by Crippen LogP contribution is 2.23. The summed E-state index contributed by atoms with van der Waals surface area (Å²) >= 11 is 0. The number of aryl methyl sites for hydroxylation is 1. The van der Waals surface area contributed by atoms with Crippen molar-refractivity contribution >= 4 is 22.9 Å². The summed E-state index contributed by atoms with van der Waals surface area (Å²) in [6.45, 7) is 7.40. The lowest BCUT2D eigenvalue weighted by Crippen LogP contribution is -2.44. The lowest BCUT2D eigenvalue weighted by atomic mass is 9.91. The number of nitrogens with one attached hydrogen (secondary N) is 1. The van der Waals surface area contributed by atoms with Crippen LogP contribution >= 0.6 is 0 Å². The van der Waals surface area contributed by atoms with Gasteiger partial charge in [0.15, 0.2) is 0 Å². The molecule has 3 aromatic rings. The van der Waals surface area contributed by atoms with Crippen LogP contribution in [-0.2, 0) is 4.79 Å². The predicted molar refractivity (Wildman–Crippen MR) is 109 cm³/mol. The van der Waals surface area contributed by atoms with E-state index in [4.69, 9.17) is 4.98 Å². The summed E-state index contributed by atoms with van der Waals surface area (Å²) in [5, 5.41) is 3.47. The molecule has 0 saturated carbocycles. The summed E-state index contributed by atoms with van der Waals surface area (Å²) in [6.07, 6.45) is 3.94. The number of anilines is 1. The van der Waals surface area contributed by atoms with Crippen LogP contribution < -0.4 is 5.32 Å². The molecule has 0 aliphatic carbocycles. The fourth-order valence-corrected chi connectivity index (χ4v) is 3.91. The van der Waals surface area contributed by atoms with Crippen molar-refractivity contribution in [2.45, 2.75) is 39.7 Å². The van der Waals surface area contributed by atoms with E-state index in [1.807, 2.05) is 46.7 Å². The van der Waals surface area contributed by atoms with Gasteiger partial charge < -0.3 is 10.2 Å². The first kappa shape index (κ1) is 18.4. The van der Waals surface area contributed by atoms with Crippen LogP contribution in [0.2, 0.25) is 0 Å². The summed E-state index contributed by atoms with van der Waals surface area (Å²) in [6, 6.07) is 10.1. The van der Waals surface area contributed by atoms with Crippen LogP contribution in [0.5, 0.6) is 0 Å². The maximum atomic E-state index is 11.7. The molecule has 1 saturated heterocycles. The number of carbonyl (C=O) groups excluding carboxylic acids is 1. The van der Waals surface area contributed by atoms with Gasteiger partial charge in [0.2, 0.25) is 11.9 Å². The Hall–Kier alpha value is -2.96. The van der Waals surface area contributed by atoms with Crippen LogP contribution in [0.25, 0.3) is 16.9 Å². The van der Waals surface area contributed by atoms with Crippen LogP contribution in [0.1, 0.15) is 32.4 Å². The summed E-state index contributed by atoms with van der Waals surface area (Å²) in [5.74, 6) is 1.95. The van der Waals surface area contributed by atoms with Gasteiger partial charge in [0.05, 0.1) is 11.0 Å². The average molecular weight is 378 g/mol. The maximum absolute atomic E-state index is 11.7. The molecule has 1 aliphatic rings. The molecule has 0 bridgehead atoms. The number of para-hydroxylation sites is 2. The monoisotopic (exact) mass is 378 g/mol. The SMILES string of the molecule is CC(=O)N1CCCC(C(C)Nc2nc(C)cc(-n3cnc4ccccc43)n2)C1. The van der Waals surface area contributed by atoms with Gasteiger partial charge >= 0.3 is 0 Å². The first-order chi connectivity index (χ1) is 13.5. The largest absolute Gasteiger partial charge is 0.351 e. The molecule has 1 aromatic carbocycles. The number of rotatable bonds is 4. The molecule has 0 spiro atoms. The Morgan fingerprint density at radius 1 is 1.29 bits per heavy atom. The molecular weight excluding hydrogens is 352 g/mol. The van der Waals surface area contributed by atoms with Crippen molar-refractivity contribution in [3.63, 3.8) is 0 Å². The Morgan fingerprint density at radius 2 is 2.11 bits per heavy atom. The molecule has 7 nitrogen and oxygen atoms in total. The van der Waals surface area contributed by atoms with Crippen molar-refractivity contribution < 1.29 is 4.79 Å². The molecule has 1 fully saturated rings. The molecule has 4 rings (SSSR count). The van der Waals surface area contributed by atoms with Crippen molar-refractivity contribution in [3.05, 3.63) is 42.4 Å². The third-order valence-electron chi connectivity index (χ3n) is 5.51. The Kier molecular flexibility index (Phi) is 4.98. The van der Waals surface area contributed by atoms with Crippen LogP contribution in [0, 0.1) is 12.8 Å². The third kappa shape index (κ3) is 3.69. The third-order valence-corrected chi connectivity index (χ3v) is 5.51. The highest BCUT2D eigenvalue weighted by Gasteiger charge is 2.26. The van der Waals surface area contributed by atoms with E-state index in [9.17, 15) is 4.79 Å². The fraction of sp³-hybridized carbons (Fsp3) is 0.429. The molecule has 2 unspecified atom stereocenters. The van der Waals surface area contributed by atoms with Gasteiger partial charge in [0, 0.05) is 37.8 Å². The molecule has 3 heterocycles. The zero-order valence-corrected chi connectivity index (χ0v) is 16.6. The molecule has 7 heteroatoms. The van der Waals surface area contributed by atoms with Crippen molar-refractivity contribution in [1.82, 2.24) is 24.4 Å². The number of benzene rings is 1. The van der Waals surface area contributed by atoms with Crippen molar-refractivity contribution in [3.8, 4) is 5.82 Å². The van der Waals surface area contributed by atoms with E-state index in [0.717, 1.165) is 48.5 Å². The van der Waals surface area contributed by atoms with E-state index >= 15 is 0 Å². The highest BCUT2D eigenvalue weighted by atomic mass is 16.2. The summed E-state index contributed by atoms with van der Waals surface area (Å²) in [5.41, 5.74) is 2.85. The van der Waals surface area contributed by atoms with E-state index in [2.05, 4.69) is 22.2 Å². The van der Waals surface area contributed by atoms with Crippen molar-refractivity contribution in [2.24, 2.45) is 5.92 Å². The van der Waals surface area contributed by atoms with Crippen LogP contribution in [-0.4, -0.2) is 49.5 Å². The topological polar surface area (TPSA) is 75.9 Å². The number of imidazole rings is 1. The first-order valence-electron chi connectivity index (χ1n) is 9.81. The summed E-state index contributed by atoms with van der Waals surface area (Å²) < 4.78 is 1.98. The summed E-state index contributed by atoms with van der Waals surface area (Å²) in [4.78, 5) is 27.4. The molecule has 1 aliphatic heterocycles. The number of aromatic nitrogens is 4. The van der Waals surface area contributed by atoms with E-state index in [1.165, 1.54) is 0 Å². The number of nitrogens with zero attached hydrogens (tertiary/aromatic N) is 5. The average Bonchev–Trinajstić information content (AvgIpc) is 3.12. The number of piperidine rings is 1. The smallest absolute Gasteiger partial charge is 0.225 e. The maximum Gasteiger partial charge on any atom is 0.225 e. The molecule has 28 heavy (non-hydrogen) atoms. The standard InChI is InChI=1S/C21H26N6O/c1-14-11-20(27-13-22-18-8-4-5-9-19(18)27)25-21(23-14)24-15(2)17-7-6-10-26(12-17)16(3)28/h4-5,8-9,11,13,15,17H,6-7,10,12H2,1-3H3,(H,23,24,25). The second-order valence-corrected chi connectivity index (χ2v) is 7.59. The fourth-order valence-electron chi connectivity index (χ4n) is 3.91. The number of fused-ring (bicyclic) bond motifs is 1. The van der Waals surface area contributed by atoms with E-state index in [1.54, 1.807) is 13.3 Å². The molecular formula is C21H26N6O. The molecule has 146 valence electrons. The van der Waals surface area contributed by atoms with E-state index in [-0.39, 0.29) is 11.9 Å². The zero-order valence-electron chi connectivity index (χ0n) is 16.6. The second kappa shape index (κ2) is 7.58. The van der Waals surface area contributed by atoms with Gasteiger partial charge in [-0.25, -0.2) is 9.97 Å². The quantitative estimate of drug-likeness (QED) is 0.755. The van der Waals surface area contributed by atoms with Gasteiger partial charge in [0.1, 0.15) is 12.1 Å². The van der Waals surface area contributed by atoms with E-state index in [0.29, 0.717) is 11.9 Å². The second-order valence-electron chi connectivity index (χ2n) is 7.59. The number of hydrogen-bond acceptors (Lipinski definition) is 5. The van der Waals surface area contributed by atoms with Gasteiger partial charge in [-0.05, 0) is 44.7 Å². The Balaban J connectivity index is 1.56. The number of likely N-dealkylation sites (tertiary alicyclic amines) is 1. The minimum Gasteiger partial charge on any atom is -0.351 e. The van der Waals surface area contributed by atoms with Gasteiger partial charge in [-0.3, -0.25) is 9.36 Å². The minimum absolute atomic E-state index is 0.151. The van der Waals surface area contributed by atoms with Crippen LogP contribution in [0.4, 0.5) is 5.95 Å². The molecule has 1 N–H and O–H groups in total. The van der Waals surface area contributed by atoms with E-state index < -0.39 is 0 Å². The zero-order chi connectivity index (χ0) is 19.7. The highest BCUT2D eigenvalue weighted by molar-refractivity contribution is 5.76. The van der Waals surface area contributed by atoms with Gasteiger partial charge in [-0.2, -0.15) is 4.98 Å². The molecule has 2 aromatic heterocycles. The molecule has 0 radical (unpaired) electrons. The normalized spacial score (nSPS) is 18.2. The van der Waals surface area contributed by atoms with Crippen LogP contribution in [0.3, 0.4) is 0 Å². The lowest BCUT2D eigenvalue weighted by Gasteiger charge is -2.35. The van der Waals surface area contributed by atoms with Gasteiger partial charge in [-0.15, -0.1) is 0 Å². The number of amides is 1. The predicted octanol–water partition coefficient (Wildman–Crippen LogP) is 3.18. The van der Waals surface area contributed by atoms with Gasteiger partial charge in [-0.1, -0.05) is 12.1 Å². The molecule has 2 atom stereocenters. The minimum atomic E-state index is 0.151. The Morgan fingerprint density at radius 3 is 2.93 bits per heavy atom. The van der Waals surface area contributed by atoms with Crippen molar-refractivity contribution in [1.29, 1.82) is 0 Å². The molecule has 1 amide bonds.